The van der Waals surface area contributed by atoms with Crippen LogP contribution in [0.15, 0.2) is 42.5 Å². The first-order valence-corrected chi connectivity index (χ1v) is 10.6. The Hall–Kier alpha value is -2.30. The molecule has 2 aliphatic rings. The number of halogens is 6. The molecule has 0 unspecified atom stereocenters. The van der Waals surface area contributed by atoms with Crippen LogP contribution >= 0.6 is 0 Å². The van der Waals surface area contributed by atoms with Gasteiger partial charge in [0, 0.05) is 29.8 Å². The predicted molar refractivity (Wildman–Crippen MR) is 109 cm³/mol. The lowest BCUT2D eigenvalue weighted by Crippen LogP contribution is -2.53. The molecule has 0 aliphatic carbocycles. The third kappa shape index (κ3) is 4.20. The lowest BCUT2D eigenvalue weighted by molar-refractivity contribution is -0.385. The molecule has 2 aromatic rings. The van der Waals surface area contributed by atoms with E-state index in [4.69, 9.17) is 4.74 Å². The van der Waals surface area contributed by atoms with Gasteiger partial charge in [0.05, 0.1) is 13.7 Å². The average molecular weight is 474 g/mol. The molecule has 2 heterocycles. The standard InChI is InChI=1S/C23H24F6N2O2/c1-32-19-11-16-13-33-21(22(24,25)26,23(27,28)29)17(16)10-15(19)12-31-18-8-5-9-30-20(18)14-6-3-2-4-7-14/h2-4,6-7,10-11,18,20,30-31H,5,8-9,12-13H2,1H3/t18-,20-/m0/s1. The van der Waals surface area contributed by atoms with Crippen molar-refractivity contribution >= 4 is 0 Å². The summed E-state index contributed by atoms with van der Waals surface area (Å²) in [6, 6.07) is 11.7. The number of piperidine rings is 1. The lowest BCUT2D eigenvalue weighted by atomic mass is 9.88. The van der Waals surface area contributed by atoms with E-state index in [2.05, 4.69) is 15.4 Å². The normalized spacial score (nSPS) is 22.8. The smallest absolute Gasteiger partial charge is 0.430 e. The van der Waals surface area contributed by atoms with Crippen LogP contribution in [0.25, 0.3) is 0 Å². The maximum atomic E-state index is 13.7. The monoisotopic (exact) mass is 474 g/mol. The van der Waals surface area contributed by atoms with Crippen molar-refractivity contribution < 1.29 is 35.8 Å². The molecule has 4 rings (SSSR count). The quantitative estimate of drug-likeness (QED) is 0.590. The van der Waals surface area contributed by atoms with E-state index in [0.29, 0.717) is 0 Å². The maximum absolute atomic E-state index is 13.7. The van der Waals surface area contributed by atoms with Gasteiger partial charge in [0.2, 0.25) is 0 Å². The summed E-state index contributed by atoms with van der Waals surface area (Å²) in [5, 5.41) is 6.75. The minimum Gasteiger partial charge on any atom is -0.496 e. The minimum absolute atomic E-state index is 0.0341. The molecule has 2 N–H and O–H groups in total. The van der Waals surface area contributed by atoms with E-state index in [1.54, 1.807) is 0 Å². The summed E-state index contributed by atoms with van der Waals surface area (Å²) in [7, 11) is 1.33. The highest BCUT2D eigenvalue weighted by atomic mass is 19.4. The Morgan fingerprint density at radius 1 is 1.09 bits per heavy atom. The number of nitrogens with one attached hydrogen (secondary N) is 2. The third-order valence-corrected chi connectivity index (χ3v) is 6.30. The van der Waals surface area contributed by atoms with Gasteiger partial charge >= 0.3 is 12.4 Å². The predicted octanol–water partition coefficient (Wildman–Crippen LogP) is 5.13. The Morgan fingerprint density at radius 2 is 1.79 bits per heavy atom. The van der Waals surface area contributed by atoms with Crippen LogP contribution in [0.5, 0.6) is 5.75 Å². The SMILES string of the molecule is COc1cc2c(cc1CN[C@H]1CCCN[C@H]1c1ccccc1)C(C(F)(F)F)(C(F)(F)F)OC2. The molecule has 1 fully saturated rings. The number of benzene rings is 2. The zero-order valence-corrected chi connectivity index (χ0v) is 17.8. The van der Waals surface area contributed by atoms with Crippen LogP contribution < -0.4 is 15.4 Å². The number of hydrogen-bond acceptors (Lipinski definition) is 4. The second kappa shape index (κ2) is 8.81. The van der Waals surface area contributed by atoms with E-state index >= 15 is 0 Å². The molecule has 0 spiro atoms. The number of rotatable bonds is 5. The molecule has 0 aromatic heterocycles. The minimum atomic E-state index is -5.67. The van der Waals surface area contributed by atoms with Crippen LogP contribution in [0.3, 0.4) is 0 Å². The Balaban J connectivity index is 1.65. The Bertz CT molecular complexity index is 963. The van der Waals surface area contributed by atoms with Crippen LogP contribution in [0, 0.1) is 0 Å². The van der Waals surface area contributed by atoms with Gasteiger partial charge in [0.1, 0.15) is 5.75 Å². The molecule has 180 valence electrons. The summed E-state index contributed by atoms with van der Waals surface area (Å²) in [5.74, 6) is 0.213. The second-order valence-corrected chi connectivity index (χ2v) is 8.26. The molecule has 10 heteroatoms. The molecule has 4 nitrogen and oxygen atoms in total. The van der Waals surface area contributed by atoms with Crippen molar-refractivity contribution in [3.63, 3.8) is 0 Å². The summed E-state index contributed by atoms with van der Waals surface area (Å²) < 4.78 is 92.0. The average Bonchev–Trinajstić information content (AvgIpc) is 3.17. The molecule has 33 heavy (non-hydrogen) atoms. The van der Waals surface area contributed by atoms with Crippen LogP contribution in [0.2, 0.25) is 0 Å². The van der Waals surface area contributed by atoms with Gasteiger partial charge in [-0.2, -0.15) is 26.3 Å². The Morgan fingerprint density at radius 3 is 2.42 bits per heavy atom. The summed E-state index contributed by atoms with van der Waals surface area (Å²) in [6.45, 7) is 0.0515. The molecule has 0 radical (unpaired) electrons. The molecule has 2 aromatic carbocycles. The van der Waals surface area contributed by atoms with E-state index < -0.39 is 30.1 Å². The number of hydrogen-bond donors (Lipinski definition) is 2. The van der Waals surface area contributed by atoms with Crippen LogP contribution in [0.4, 0.5) is 26.3 Å². The van der Waals surface area contributed by atoms with Crippen LogP contribution in [-0.4, -0.2) is 32.0 Å². The molecule has 2 aliphatic heterocycles. The summed E-state index contributed by atoms with van der Waals surface area (Å²) in [4.78, 5) is 0. The summed E-state index contributed by atoms with van der Waals surface area (Å²) >= 11 is 0. The van der Waals surface area contributed by atoms with Gasteiger partial charge in [-0.05, 0) is 42.6 Å². The van der Waals surface area contributed by atoms with Crippen LogP contribution in [0.1, 0.15) is 41.1 Å². The number of alkyl halides is 6. The fourth-order valence-electron chi connectivity index (χ4n) is 4.70. The van der Waals surface area contributed by atoms with Crippen molar-refractivity contribution in [2.24, 2.45) is 0 Å². The fourth-order valence-corrected chi connectivity index (χ4v) is 4.70. The zero-order chi connectivity index (χ0) is 23.9. The van der Waals surface area contributed by atoms with E-state index in [9.17, 15) is 26.3 Å². The highest BCUT2D eigenvalue weighted by Crippen LogP contribution is 2.57. The molecule has 0 amide bonds. The molecular weight excluding hydrogens is 450 g/mol. The first-order valence-electron chi connectivity index (χ1n) is 10.6. The van der Waals surface area contributed by atoms with Crippen molar-refractivity contribution in [3.05, 3.63) is 64.7 Å². The number of ether oxygens (including phenoxy) is 2. The zero-order valence-electron chi connectivity index (χ0n) is 17.8. The molecule has 1 saturated heterocycles. The fraction of sp³-hybridized carbons (Fsp3) is 0.478. The largest absolute Gasteiger partial charge is 0.496 e. The Kier molecular flexibility index (Phi) is 6.36. The molecular formula is C23H24F6N2O2. The molecule has 0 saturated carbocycles. The van der Waals surface area contributed by atoms with E-state index in [0.717, 1.165) is 31.0 Å². The van der Waals surface area contributed by atoms with Gasteiger partial charge in [-0.15, -0.1) is 0 Å². The first-order chi connectivity index (χ1) is 15.6. The van der Waals surface area contributed by atoms with Gasteiger partial charge in [-0.1, -0.05) is 30.3 Å². The number of methoxy groups -OCH3 is 1. The van der Waals surface area contributed by atoms with Crippen molar-refractivity contribution in [1.82, 2.24) is 10.6 Å². The highest BCUT2D eigenvalue weighted by molar-refractivity contribution is 5.48. The molecule has 0 bridgehead atoms. The van der Waals surface area contributed by atoms with Gasteiger partial charge in [-0.3, -0.25) is 0 Å². The summed E-state index contributed by atoms with van der Waals surface area (Å²) in [5.41, 5.74) is -4.21. The maximum Gasteiger partial charge on any atom is 0.430 e. The van der Waals surface area contributed by atoms with Crippen LogP contribution in [-0.2, 0) is 23.5 Å². The van der Waals surface area contributed by atoms with Crippen molar-refractivity contribution in [2.75, 3.05) is 13.7 Å². The lowest BCUT2D eigenvalue weighted by Gasteiger charge is -2.35. The van der Waals surface area contributed by atoms with Gasteiger partial charge < -0.3 is 20.1 Å². The van der Waals surface area contributed by atoms with Crippen molar-refractivity contribution in [2.45, 2.75) is 56.0 Å². The molecule has 2 atom stereocenters. The van der Waals surface area contributed by atoms with Crippen molar-refractivity contribution in [3.8, 4) is 5.75 Å². The summed E-state index contributed by atoms with van der Waals surface area (Å²) in [6.07, 6.45) is -9.64. The van der Waals surface area contributed by atoms with Gasteiger partial charge in [0.25, 0.3) is 5.60 Å². The van der Waals surface area contributed by atoms with Crippen molar-refractivity contribution in [1.29, 1.82) is 0 Å². The topological polar surface area (TPSA) is 42.5 Å². The third-order valence-electron chi connectivity index (χ3n) is 6.30. The van der Waals surface area contributed by atoms with E-state index in [1.165, 1.54) is 13.2 Å². The Labute approximate surface area is 187 Å². The van der Waals surface area contributed by atoms with E-state index in [-0.39, 0.29) is 35.5 Å². The second-order valence-electron chi connectivity index (χ2n) is 8.26. The first kappa shape index (κ1) is 23.8. The van der Waals surface area contributed by atoms with Gasteiger partial charge in [-0.25, -0.2) is 0 Å². The van der Waals surface area contributed by atoms with Gasteiger partial charge in [0.15, 0.2) is 0 Å². The number of fused-ring (bicyclic) bond motifs is 1. The van der Waals surface area contributed by atoms with E-state index in [1.807, 2.05) is 30.3 Å². The highest BCUT2D eigenvalue weighted by Gasteiger charge is 2.75.